The van der Waals surface area contributed by atoms with Crippen molar-refractivity contribution < 1.29 is 4.73 Å². The zero-order valence-electron chi connectivity index (χ0n) is 10.6. The van der Waals surface area contributed by atoms with Crippen LogP contribution in [0.15, 0.2) is 68.8 Å². The molecule has 0 amide bonds. The van der Waals surface area contributed by atoms with Gasteiger partial charge in [-0.25, -0.2) is 3.96 Å². The quantitative estimate of drug-likeness (QED) is 0.544. The maximum absolute atomic E-state index is 12.0. The molecule has 4 nitrogen and oxygen atoms in total. The van der Waals surface area contributed by atoms with Gasteiger partial charge in [-0.3, -0.25) is 4.79 Å². The Kier molecular flexibility index (Phi) is 4.01. The van der Waals surface area contributed by atoms with Crippen molar-refractivity contribution in [2.45, 2.75) is 9.24 Å². The maximum atomic E-state index is 12.0. The molecular formula is C14H9ClN2O2S2. The van der Waals surface area contributed by atoms with Crippen LogP contribution in [0, 0.1) is 5.21 Å². The molecule has 0 bridgehead atoms. The third-order valence-electron chi connectivity index (χ3n) is 2.68. The second-order valence-electron chi connectivity index (χ2n) is 4.13. The summed E-state index contributed by atoms with van der Waals surface area (Å²) in [5.74, 6) is 0. The molecule has 0 aliphatic rings. The van der Waals surface area contributed by atoms with Crippen molar-refractivity contribution >= 4 is 34.9 Å². The van der Waals surface area contributed by atoms with Gasteiger partial charge in [-0.2, -0.15) is 4.73 Å². The van der Waals surface area contributed by atoms with Gasteiger partial charge in [0.1, 0.15) is 0 Å². The molecule has 3 rings (SSSR count). The highest BCUT2D eigenvalue weighted by Crippen LogP contribution is 2.28. The topological polar surface area (TPSA) is 48.9 Å². The first-order chi connectivity index (χ1) is 10.1. The number of nitrogens with zero attached hydrogens (tertiary/aromatic N) is 2. The van der Waals surface area contributed by atoms with Gasteiger partial charge in [0, 0.05) is 23.2 Å². The van der Waals surface area contributed by atoms with Crippen molar-refractivity contribution in [3.8, 4) is 5.69 Å². The van der Waals surface area contributed by atoms with Crippen molar-refractivity contribution in [3.63, 3.8) is 0 Å². The van der Waals surface area contributed by atoms with Gasteiger partial charge in [0.25, 0.3) is 10.6 Å². The Labute approximate surface area is 134 Å². The monoisotopic (exact) mass is 336 g/mol. The molecule has 0 atom stereocenters. The number of pyridine rings is 1. The standard InChI is InChI=1S/C14H9ClN2O2S2/c15-10-4-6-11(7-5-10)17-12(18)9-14(21-17)20-13-3-1-2-8-16(13)19/h1-9H. The Bertz CT molecular complexity index is 827. The molecule has 0 fully saturated rings. The van der Waals surface area contributed by atoms with E-state index in [1.165, 1.54) is 35.6 Å². The van der Waals surface area contributed by atoms with E-state index in [1.54, 1.807) is 46.4 Å². The van der Waals surface area contributed by atoms with Crippen molar-refractivity contribution in [1.29, 1.82) is 0 Å². The summed E-state index contributed by atoms with van der Waals surface area (Å²) in [6.07, 6.45) is 1.43. The SMILES string of the molecule is O=c1cc(Sc2cccc[n+]2[O-])sn1-c1ccc(Cl)cc1. The Morgan fingerprint density at radius 3 is 2.67 bits per heavy atom. The van der Waals surface area contributed by atoms with Crippen LogP contribution in [-0.4, -0.2) is 3.96 Å². The summed E-state index contributed by atoms with van der Waals surface area (Å²) in [6.45, 7) is 0. The van der Waals surface area contributed by atoms with E-state index in [4.69, 9.17) is 11.6 Å². The molecule has 106 valence electrons. The Morgan fingerprint density at radius 1 is 1.19 bits per heavy atom. The lowest BCUT2D eigenvalue weighted by molar-refractivity contribution is -0.645. The summed E-state index contributed by atoms with van der Waals surface area (Å²) in [5.41, 5.74) is 0.627. The lowest BCUT2D eigenvalue weighted by Crippen LogP contribution is -2.27. The normalized spacial score (nSPS) is 10.7. The highest BCUT2D eigenvalue weighted by molar-refractivity contribution is 8.00. The van der Waals surface area contributed by atoms with E-state index in [0.29, 0.717) is 10.0 Å². The fraction of sp³-hybridized carbons (Fsp3) is 0. The van der Waals surface area contributed by atoms with Crippen molar-refractivity contribution in [3.05, 3.63) is 75.3 Å². The minimum Gasteiger partial charge on any atom is -0.618 e. The lowest BCUT2D eigenvalue weighted by Gasteiger charge is -2.01. The van der Waals surface area contributed by atoms with Crippen LogP contribution < -0.4 is 10.3 Å². The lowest BCUT2D eigenvalue weighted by atomic mass is 10.3. The minimum atomic E-state index is -0.127. The first-order valence-electron chi connectivity index (χ1n) is 5.99. The number of halogens is 1. The van der Waals surface area contributed by atoms with E-state index in [1.807, 2.05) is 0 Å². The molecule has 0 radical (unpaired) electrons. The third kappa shape index (κ3) is 3.12. The van der Waals surface area contributed by atoms with Crippen molar-refractivity contribution in [2.24, 2.45) is 0 Å². The molecule has 0 spiro atoms. The number of hydrogen-bond donors (Lipinski definition) is 0. The fourth-order valence-corrected chi connectivity index (χ4v) is 3.84. The molecule has 0 aliphatic carbocycles. The third-order valence-corrected chi connectivity index (χ3v) is 5.12. The number of rotatable bonds is 3. The van der Waals surface area contributed by atoms with Gasteiger partial charge < -0.3 is 5.21 Å². The highest BCUT2D eigenvalue weighted by atomic mass is 35.5. The summed E-state index contributed by atoms with van der Waals surface area (Å²) in [5, 5.41) is 12.8. The summed E-state index contributed by atoms with van der Waals surface area (Å²) in [4.78, 5) is 12.0. The molecule has 0 aliphatic heterocycles. The summed E-state index contributed by atoms with van der Waals surface area (Å²) in [7, 11) is 0. The molecule has 0 unspecified atom stereocenters. The average molecular weight is 337 g/mol. The summed E-state index contributed by atoms with van der Waals surface area (Å²) >= 11 is 8.41. The van der Waals surface area contributed by atoms with Crippen LogP contribution in [0.25, 0.3) is 5.69 Å². The first-order valence-corrected chi connectivity index (χ1v) is 7.95. The van der Waals surface area contributed by atoms with E-state index < -0.39 is 0 Å². The molecule has 0 saturated carbocycles. The zero-order chi connectivity index (χ0) is 14.8. The smallest absolute Gasteiger partial charge is 0.266 e. The molecule has 7 heteroatoms. The van der Waals surface area contributed by atoms with Crippen LogP contribution in [0.5, 0.6) is 0 Å². The van der Waals surface area contributed by atoms with Crippen LogP contribution in [0.4, 0.5) is 0 Å². The van der Waals surface area contributed by atoms with Gasteiger partial charge >= 0.3 is 0 Å². The fourth-order valence-electron chi connectivity index (χ4n) is 1.72. The number of aromatic nitrogens is 2. The van der Waals surface area contributed by atoms with Gasteiger partial charge in [0.05, 0.1) is 9.90 Å². The van der Waals surface area contributed by atoms with Crippen molar-refractivity contribution in [1.82, 2.24) is 3.96 Å². The Morgan fingerprint density at radius 2 is 1.95 bits per heavy atom. The second-order valence-corrected chi connectivity index (χ2v) is 6.88. The molecule has 1 aromatic carbocycles. The van der Waals surface area contributed by atoms with Crippen molar-refractivity contribution in [2.75, 3.05) is 0 Å². The first kappa shape index (κ1) is 14.2. The van der Waals surface area contributed by atoms with E-state index in [0.717, 1.165) is 14.6 Å². The molecule has 2 heterocycles. The average Bonchev–Trinajstić information content (AvgIpc) is 2.83. The van der Waals surface area contributed by atoms with Crippen LogP contribution >= 0.6 is 34.9 Å². The predicted molar refractivity (Wildman–Crippen MR) is 84.5 cm³/mol. The maximum Gasteiger partial charge on any atom is 0.266 e. The molecule has 2 aromatic heterocycles. The summed E-state index contributed by atoms with van der Waals surface area (Å²) in [6, 6.07) is 13.7. The number of benzene rings is 1. The van der Waals surface area contributed by atoms with Gasteiger partial charge in [-0.05, 0) is 53.6 Å². The van der Waals surface area contributed by atoms with Gasteiger partial charge in [-0.15, -0.1) is 0 Å². The number of hydrogen-bond acceptors (Lipinski definition) is 4. The van der Waals surface area contributed by atoms with Crippen LogP contribution in [0.3, 0.4) is 0 Å². The van der Waals surface area contributed by atoms with E-state index in [9.17, 15) is 10.0 Å². The molecule has 0 N–H and O–H groups in total. The molecule has 3 aromatic rings. The zero-order valence-corrected chi connectivity index (χ0v) is 13.0. The van der Waals surface area contributed by atoms with E-state index in [2.05, 4.69) is 0 Å². The Balaban J connectivity index is 1.93. The molecular weight excluding hydrogens is 328 g/mol. The molecule has 21 heavy (non-hydrogen) atoms. The predicted octanol–water partition coefficient (Wildman–Crippen LogP) is 3.34. The van der Waals surface area contributed by atoms with E-state index in [-0.39, 0.29) is 5.56 Å². The van der Waals surface area contributed by atoms with E-state index >= 15 is 0 Å². The Hall–Kier alpha value is -1.76. The van der Waals surface area contributed by atoms with Gasteiger partial charge in [0.2, 0.25) is 0 Å². The van der Waals surface area contributed by atoms with Gasteiger partial charge in [0.15, 0.2) is 6.20 Å². The minimum absolute atomic E-state index is 0.127. The van der Waals surface area contributed by atoms with Gasteiger partial charge in [-0.1, -0.05) is 11.6 Å². The second kappa shape index (κ2) is 5.93. The summed E-state index contributed by atoms with van der Waals surface area (Å²) < 4.78 is 3.10. The largest absolute Gasteiger partial charge is 0.618 e. The van der Waals surface area contributed by atoms with Crippen LogP contribution in [-0.2, 0) is 0 Å². The van der Waals surface area contributed by atoms with Crippen LogP contribution in [0.2, 0.25) is 5.02 Å². The molecule has 0 saturated heterocycles. The highest BCUT2D eigenvalue weighted by Gasteiger charge is 2.12. The van der Waals surface area contributed by atoms with Crippen LogP contribution in [0.1, 0.15) is 0 Å².